The van der Waals surface area contributed by atoms with Gasteiger partial charge in [0.2, 0.25) is 0 Å². The summed E-state index contributed by atoms with van der Waals surface area (Å²) >= 11 is 1.50. The predicted molar refractivity (Wildman–Crippen MR) is 123 cm³/mol. The predicted octanol–water partition coefficient (Wildman–Crippen LogP) is 5.38. The van der Waals surface area contributed by atoms with Crippen molar-refractivity contribution in [2.75, 3.05) is 0 Å². The second-order valence-electron chi connectivity index (χ2n) is 7.05. The van der Waals surface area contributed by atoms with E-state index in [-0.39, 0.29) is 6.01 Å². The number of benzene rings is 2. The molecule has 0 aliphatic heterocycles. The highest BCUT2D eigenvalue weighted by Gasteiger charge is 2.20. The average Bonchev–Trinajstić information content (AvgIpc) is 3.28. The lowest BCUT2D eigenvalue weighted by Gasteiger charge is -2.09. The van der Waals surface area contributed by atoms with E-state index in [0.717, 1.165) is 27.0 Å². The molecule has 0 N–H and O–H groups in total. The second-order valence-corrected chi connectivity index (χ2v) is 8.11. The molecule has 3 aromatic heterocycles. The number of nitrogens with zero attached hydrogens (tertiary/aromatic N) is 5. The van der Waals surface area contributed by atoms with E-state index in [2.05, 4.69) is 26.0 Å². The second kappa shape index (κ2) is 8.92. The molecule has 0 spiro atoms. The first-order chi connectivity index (χ1) is 15.8. The number of fused-ring (bicyclic) bond motifs is 1. The minimum absolute atomic E-state index is 0.234. The normalized spacial score (nSPS) is 11.7. The van der Waals surface area contributed by atoms with Crippen LogP contribution in [0, 0.1) is 11.3 Å². The summed E-state index contributed by atoms with van der Waals surface area (Å²) in [6.45, 7) is 0.324. The highest BCUT2D eigenvalue weighted by molar-refractivity contribution is 7.18. The molecule has 2 aromatic carbocycles. The molecule has 1 unspecified atom stereocenters. The maximum Gasteiger partial charge on any atom is 0.316 e. The maximum atomic E-state index is 9.79. The molecule has 6 nitrogen and oxygen atoms in total. The summed E-state index contributed by atoms with van der Waals surface area (Å²) in [7, 11) is 0. The van der Waals surface area contributed by atoms with Gasteiger partial charge in [0.15, 0.2) is 0 Å². The third-order valence-corrected chi connectivity index (χ3v) is 6.02. The van der Waals surface area contributed by atoms with Crippen molar-refractivity contribution >= 4 is 21.6 Å². The smallest absolute Gasteiger partial charge is 0.316 e. The molecule has 3 heterocycles. The van der Waals surface area contributed by atoms with Crippen LogP contribution in [-0.4, -0.2) is 19.9 Å². The first-order valence-electron chi connectivity index (χ1n) is 10.0. The molecule has 0 saturated carbocycles. The monoisotopic (exact) mass is 435 g/mol. The SMILES string of the molecule is N#CC(c1ccnc(OCc2ccc(-c3ccccn3)cc2)n1)c1nc2ccccc2s1. The van der Waals surface area contributed by atoms with E-state index in [1.165, 1.54) is 11.3 Å². The lowest BCUT2D eigenvalue weighted by atomic mass is 10.1. The fraction of sp³-hybridized carbons (Fsp3) is 0.0800. The Hall–Kier alpha value is -4.15. The van der Waals surface area contributed by atoms with Gasteiger partial charge in [-0.05, 0) is 35.9 Å². The molecule has 1 atom stereocenters. The molecule has 154 valence electrons. The summed E-state index contributed by atoms with van der Waals surface area (Å²) in [6, 6.07) is 26.0. The average molecular weight is 436 g/mol. The van der Waals surface area contributed by atoms with Gasteiger partial charge in [0.25, 0.3) is 0 Å². The van der Waals surface area contributed by atoms with E-state index in [1.54, 1.807) is 18.5 Å². The minimum Gasteiger partial charge on any atom is -0.459 e. The Morgan fingerprint density at radius 1 is 0.875 bits per heavy atom. The first kappa shape index (κ1) is 19.8. The van der Waals surface area contributed by atoms with Crippen molar-refractivity contribution in [2.24, 2.45) is 0 Å². The summed E-state index contributed by atoms with van der Waals surface area (Å²) in [6.07, 6.45) is 3.39. The van der Waals surface area contributed by atoms with Gasteiger partial charge in [-0.3, -0.25) is 4.98 Å². The van der Waals surface area contributed by atoms with Crippen molar-refractivity contribution in [3.8, 4) is 23.3 Å². The van der Waals surface area contributed by atoms with E-state index < -0.39 is 5.92 Å². The Bertz CT molecular complexity index is 1360. The molecule has 0 radical (unpaired) electrons. The zero-order valence-electron chi connectivity index (χ0n) is 16.9. The van der Waals surface area contributed by atoms with Gasteiger partial charge < -0.3 is 4.74 Å². The van der Waals surface area contributed by atoms with E-state index in [1.807, 2.05) is 66.7 Å². The van der Waals surface area contributed by atoms with E-state index in [4.69, 9.17) is 4.74 Å². The van der Waals surface area contributed by atoms with Crippen molar-refractivity contribution in [1.29, 1.82) is 5.26 Å². The fourth-order valence-corrected chi connectivity index (χ4v) is 4.32. The highest BCUT2D eigenvalue weighted by atomic mass is 32.1. The molecular formula is C25H17N5OS. The van der Waals surface area contributed by atoms with Gasteiger partial charge in [-0.2, -0.15) is 10.2 Å². The molecule has 7 heteroatoms. The van der Waals surface area contributed by atoms with E-state index in [0.29, 0.717) is 17.3 Å². The van der Waals surface area contributed by atoms with Crippen LogP contribution >= 0.6 is 11.3 Å². The number of aromatic nitrogens is 4. The first-order valence-corrected chi connectivity index (χ1v) is 10.8. The zero-order chi connectivity index (χ0) is 21.8. The number of ether oxygens (including phenoxy) is 1. The molecule has 0 bridgehead atoms. The van der Waals surface area contributed by atoms with Gasteiger partial charge in [0.05, 0.1) is 27.7 Å². The Morgan fingerprint density at radius 2 is 1.72 bits per heavy atom. The number of rotatable bonds is 6. The largest absolute Gasteiger partial charge is 0.459 e. The van der Waals surface area contributed by atoms with Gasteiger partial charge >= 0.3 is 6.01 Å². The van der Waals surface area contributed by atoms with E-state index >= 15 is 0 Å². The molecule has 5 aromatic rings. The summed E-state index contributed by atoms with van der Waals surface area (Å²) in [5.41, 5.74) is 4.41. The molecule has 0 fully saturated rings. The van der Waals surface area contributed by atoms with E-state index in [9.17, 15) is 5.26 Å². The van der Waals surface area contributed by atoms with Crippen molar-refractivity contribution in [3.05, 3.63) is 101 Å². The Morgan fingerprint density at radius 3 is 2.50 bits per heavy atom. The van der Waals surface area contributed by atoms with Crippen molar-refractivity contribution < 1.29 is 4.74 Å². The third-order valence-electron chi connectivity index (χ3n) is 4.92. The Labute approximate surface area is 188 Å². The summed E-state index contributed by atoms with van der Waals surface area (Å²) < 4.78 is 6.85. The topological polar surface area (TPSA) is 84.6 Å². The molecule has 0 saturated heterocycles. The number of hydrogen-bond acceptors (Lipinski definition) is 7. The van der Waals surface area contributed by atoms with Gasteiger partial charge in [-0.25, -0.2) is 9.97 Å². The zero-order valence-corrected chi connectivity index (χ0v) is 17.7. The van der Waals surface area contributed by atoms with Crippen LogP contribution in [0.25, 0.3) is 21.5 Å². The molecular weight excluding hydrogens is 418 g/mol. The lowest BCUT2D eigenvalue weighted by Crippen LogP contribution is -2.05. The number of hydrogen-bond donors (Lipinski definition) is 0. The number of nitriles is 1. The van der Waals surface area contributed by atoms with Crippen molar-refractivity contribution in [1.82, 2.24) is 19.9 Å². The van der Waals surface area contributed by atoms with Gasteiger partial charge in [-0.15, -0.1) is 11.3 Å². The Balaban J connectivity index is 1.31. The summed E-state index contributed by atoms with van der Waals surface area (Å²) in [4.78, 5) is 17.6. The molecule has 0 amide bonds. The van der Waals surface area contributed by atoms with Crippen LogP contribution in [0.2, 0.25) is 0 Å². The van der Waals surface area contributed by atoms with Gasteiger partial charge in [0.1, 0.15) is 17.5 Å². The fourth-order valence-electron chi connectivity index (χ4n) is 3.30. The number of thiazole rings is 1. The lowest BCUT2D eigenvalue weighted by molar-refractivity contribution is 0.279. The van der Waals surface area contributed by atoms with Crippen LogP contribution in [0.15, 0.2) is 85.2 Å². The van der Waals surface area contributed by atoms with Crippen LogP contribution in [0.1, 0.15) is 22.2 Å². The number of pyridine rings is 1. The van der Waals surface area contributed by atoms with Crippen molar-refractivity contribution in [2.45, 2.75) is 12.5 Å². The van der Waals surface area contributed by atoms with Crippen LogP contribution < -0.4 is 4.74 Å². The third kappa shape index (κ3) is 4.17. The summed E-state index contributed by atoms with van der Waals surface area (Å²) in [5, 5.41) is 10.5. The standard InChI is InChI=1S/C25H17N5OS/c26-15-19(24-29-22-6-1-2-7-23(22)32-24)21-12-14-28-25(30-21)31-16-17-8-10-18(11-9-17)20-5-3-4-13-27-20/h1-14,19H,16H2. The maximum absolute atomic E-state index is 9.79. The van der Waals surface area contributed by atoms with Gasteiger partial charge in [-0.1, -0.05) is 42.5 Å². The molecule has 0 aliphatic rings. The van der Waals surface area contributed by atoms with Crippen molar-refractivity contribution in [3.63, 3.8) is 0 Å². The van der Waals surface area contributed by atoms with Crippen LogP contribution in [-0.2, 0) is 6.61 Å². The van der Waals surface area contributed by atoms with Crippen LogP contribution in [0.4, 0.5) is 0 Å². The molecule has 0 aliphatic carbocycles. The number of para-hydroxylation sites is 1. The Kier molecular flexibility index (Phi) is 5.52. The quantitative estimate of drug-likeness (QED) is 0.356. The summed E-state index contributed by atoms with van der Waals surface area (Å²) in [5.74, 6) is -0.574. The minimum atomic E-state index is -0.574. The van der Waals surface area contributed by atoms with Crippen LogP contribution in [0.5, 0.6) is 6.01 Å². The highest BCUT2D eigenvalue weighted by Crippen LogP contribution is 2.31. The van der Waals surface area contributed by atoms with Gasteiger partial charge in [0, 0.05) is 18.0 Å². The molecule has 32 heavy (non-hydrogen) atoms. The molecule has 5 rings (SSSR count). The van der Waals surface area contributed by atoms with Crippen LogP contribution in [0.3, 0.4) is 0 Å².